The summed E-state index contributed by atoms with van der Waals surface area (Å²) in [5.41, 5.74) is 1.43. The van der Waals surface area contributed by atoms with Gasteiger partial charge in [0.1, 0.15) is 23.0 Å². The number of benzene rings is 2. The summed E-state index contributed by atoms with van der Waals surface area (Å²) in [6.07, 6.45) is 2.02. The van der Waals surface area contributed by atoms with E-state index in [2.05, 4.69) is 30.8 Å². The van der Waals surface area contributed by atoms with Gasteiger partial charge in [-0.25, -0.2) is 13.8 Å². The number of nitrogens with one attached hydrogen (secondary N) is 4. The third-order valence-corrected chi connectivity index (χ3v) is 5.44. The Morgan fingerprint density at radius 2 is 1.94 bits per heavy atom. The Kier molecular flexibility index (Phi) is 4.95. The zero-order valence-corrected chi connectivity index (χ0v) is 16.5. The highest BCUT2D eigenvalue weighted by molar-refractivity contribution is 5.95. The minimum absolute atomic E-state index is 0.109. The van der Waals surface area contributed by atoms with E-state index < -0.39 is 11.6 Å². The first-order valence-corrected chi connectivity index (χ1v) is 10.1. The van der Waals surface area contributed by atoms with Gasteiger partial charge in [0.2, 0.25) is 5.95 Å². The molecule has 3 heterocycles. The molecule has 2 aromatic heterocycles. The van der Waals surface area contributed by atoms with Crippen LogP contribution in [0.15, 0.2) is 47.3 Å². The van der Waals surface area contributed by atoms with E-state index in [1.807, 2.05) is 0 Å². The number of rotatable bonds is 4. The van der Waals surface area contributed by atoms with Crippen LogP contribution in [0.2, 0.25) is 0 Å². The largest absolute Gasteiger partial charge is 0.352 e. The second-order valence-corrected chi connectivity index (χ2v) is 7.60. The highest BCUT2D eigenvalue weighted by Crippen LogP contribution is 2.32. The molecule has 0 radical (unpaired) electrons. The highest BCUT2D eigenvalue weighted by Gasteiger charge is 2.18. The zero-order valence-electron chi connectivity index (χ0n) is 16.5. The lowest BCUT2D eigenvalue weighted by Crippen LogP contribution is -2.39. The first-order chi connectivity index (χ1) is 15.1. The van der Waals surface area contributed by atoms with E-state index >= 15 is 0 Å². The molecular weight excluding hydrogens is 402 g/mol. The van der Waals surface area contributed by atoms with Gasteiger partial charge >= 0.3 is 0 Å². The van der Waals surface area contributed by atoms with E-state index in [0.29, 0.717) is 33.8 Å². The van der Waals surface area contributed by atoms with Crippen molar-refractivity contribution in [3.05, 3.63) is 64.5 Å². The molecule has 0 bridgehead atoms. The maximum atomic E-state index is 14.3. The standard InChI is InChI=1S/C22H20F2N6O/c23-15-4-1-5-16(24)20(15)12-6-7-17-14(9-12)21(30-29-17)18-10-19(31)28-22(27-18)26-13-3-2-8-25-11-13/h1,4-7,9-10,13,25H,2-3,8,11H2,(H,29,30)(H2,26,27,28,31). The van der Waals surface area contributed by atoms with Crippen LogP contribution < -0.4 is 16.2 Å². The van der Waals surface area contributed by atoms with Crippen LogP contribution in [0.5, 0.6) is 0 Å². The Morgan fingerprint density at radius 3 is 2.71 bits per heavy atom. The zero-order chi connectivity index (χ0) is 21.4. The second kappa shape index (κ2) is 7.92. The SMILES string of the molecule is O=c1cc(-c2n[nH]c3ccc(-c4c(F)cccc4F)cc23)nc(NC2CCCNC2)[nH]1. The predicted molar refractivity (Wildman–Crippen MR) is 115 cm³/mol. The molecule has 1 saturated heterocycles. The minimum Gasteiger partial charge on any atom is -0.352 e. The molecule has 9 heteroatoms. The summed E-state index contributed by atoms with van der Waals surface area (Å²) in [4.78, 5) is 19.5. The highest BCUT2D eigenvalue weighted by atomic mass is 19.1. The van der Waals surface area contributed by atoms with E-state index in [4.69, 9.17) is 0 Å². The van der Waals surface area contributed by atoms with Crippen LogP contribution in [0.4, 0.5) is 14.7 Å². The summed E-state index contributed by atoms with van der Waals surface area (Å²) in [6.45, 7) is 1.77. The minimum atomic E-state index is -0.647. The van der Waals surface area contributed by atoms with Crippen molar-refractivity contribution in [3.63, 3.8) is 0 Å². The van der Waals surface area contributed by atoms with Crippen LogP contribution in [0.3, 0.4) is 0 Å². The average Bonchev–Trinajstić information content (AvgIpc) is 3.17. The molecule has 0 amide bonds. The molecule has 1 atom stereocenters. The number of H-pyrrole nitrogens is 2. The molecule has 5 rings (SSSR count). The molecule has 1 unspecified atom stereocenters. The molecule has 4 N–H and O–H groups in total. The van der Waals surface area contributed by atoms with Crippen molar-refractivity contribution in [1.82, 2.24) is 25.5 Å². The van der Waals surface area contributed by atoms with Crippen LogP contribution in [0.25, 0.3) is 33.4 Å². The molecule has 4 aromatic rings. The van der Waals surface area contributed by atoms with Crippen molar-refractivity contribution >= 4 is 16.9 Å². The Balaban J connectivity index is 1.57. The van der Waals surface area contributed by atoms with Gasteiger partial charge < -0.3 is 10.6 Å². The molecule has 1 aliphatic rings. The maximum Gasteiger partial charge on any atom is 0.252 e. The van der Waals surface area contributed by atoms with Crippen molar-refractivity contribution in [2.45, 2.75) is 18.9 Å². The monoisotopic (exact) mass is 422 g/mol. The van der Waals surface area contributed by atoms with Gasteiger partial charge in [0.05, 0.1) is 11.1 Å². The van der Waals surface area contributed by atoms with Crippen LogP contribution in [-0.2, 0) is 0 Å². The number of aromatic amines is 2. The number of nitrogens with zero attached hydrogens (tertiary/aromatic N) is 2. The first-order valence-electron chi connectivity index (χ1n) is 10.1. The fourth-order valence-electron chi connectivity index (χ4n) is 3.95. The second-order valence-electron chi connectivity index (χ2n) is 7.60. The third kappa shape index (κ3) is 3.79. The Hall–Kier alpha value is -3.59. The van der Waals surface area contributed by atoms with Gasteiger partial charge in [0.25, 0.3) is 5.56 Å². The number of halogens is 2. The lowest BCUT2D eigenvalue weighted by Gasteiger charge is -2.24. The normalized spacial score (nSPS) is 16.5. The number of fused-ring (bicyclic) bond motifs is 1. The van der Waals surface area contributed by atoms with Crippen molar-refractivity contribution in [2.24, 2.45) is 0 Å². The van der Waals surface area contributed by atoms with Gasteiger partial charge in [-0.1, -0.05) is 12.1 Å². The molecule has 1 fully saturated rings. The number of hydrogen-bond acceptors (Lipinski definition) is 5. The van der Waals surface area contributed by atoms with E-state index in [9.17, 15) is 13.6 Å². The fourth-order valence-corrected chi connectivity index (χ4v) is 3.95. The third-order valence-electron chi connectivity index (χ3n) is 5.44. The summed E-state index contributed by atoms with van der Waals surface area (Å²) in [5.74, 6) is -0.929. The molecule has 1 aliphatic heterocycles. The van der Waals surface area contributed by atoms with Gasteiger partial charge in [-0.15, -0.1) is 0 Å². The van der Waals surface area contributed by atoms with Gasteiger partial charge in [0.15, 0.2) is 0 Å². The van der Waals surface area contributed by atoms with Crippen LogP contribution in [-0.4, -0.2) is 39.3 Å². The van der Waals surface area contributed by atoms with E-state index in [-0.39, 0.29) is 17.2 Å². The average molecular weight is 422 g/mol. The summed E-state index contributed by atoms with van der Waals surface area (Å²) in [7, 11) is 0. The summed E-state index contributed by atoms with van der Waals surface area (Å²) in [6, 6.07) is 10.3. The fraction of sp³-hybridized carbons (Fsp3) is 0.227. The lowest BCUT2D eigenvalue weighted by atomic mass is 10.0. The van der Waals surface area contributed by atoms with Crippen molar-refractivity contribution in [2.75, 3.05) is 18.4 Å². The van der Waals surface area contributed by atoms with Crippen molar-refractivity contribution in [1.29, 1.82) is 0 Å². The van der Waals surface area contributed by atoms with Crippen molar-refractivity contribution in [3.8, 4) is 22.5 Å². The molecule has 0 spiro atoms. The summed E-state index contributed by atoms with van der Waals surface area (Å²) in [5, 5.41) is 14.4. The molecule has 158 valence electrons. The van der Waals surface area contributed by atoms with E-state index in [1.54, 1.807) is 18.2 Å². The van der Waals surface area contributed by atoms with Gasteiger partial charge in [-0.05, 0) is 49.2 Å². The first kappa shape index (κ1) is 19.4. The lowest BCUT2D eigenvalue weighted by molar-refractivity contribution is 0.478. The van der Waals surface area contributed by atoms with E-state index in [0.717, 1.165) is 25.9 Å². The van der Waals surface area contributed by atoms with Crippen LogP contribution in [0.1, 0.15) is 12.8 Å². The Morgan fingerprint density at radius 1 is 1.10 bits per heavy atom. The number of piperidine rings is 1. The summed E-state index contributed by atoms with van der Waals surface area (Å²) < 4.78 is 28.6. The van der Waals surface area contributed by atoms with Gasteiger partial charge in [-0.2, -0.15) is 5.10 Å². The summed E-state index contributed by atoms with van der Waals surface area (Å²) >= 11 is 0. The number of aromatic nitrogens is 4. The predicted octanol–water partition coefficient (Wildman–Crippen LogP) is 3.42. The molecule has 31 heavy (non-hydrogen) atoms. The van der Waals surface area contributed by atoms with Crippen molar-refractivity contribution < 1.29 is 8.78 Å². The van der Waals surface area contributed by atoms with Crippen LogP contribution >= 0.6 is 0 Å². The molecular formula is C22H20F2N6O. The topological polar surface area (TPSA) is 98.5 Å². The maximum absolute atomic E-state index is 14.3. The molecule has 2 aromatic carbocycles. The van der Waals surface area contributed by atoms with E-state index in [1.165, 1.54) is 24.3 Å². The molecule has 7 nitrogen and oxygen atoms in total. The van der Waals surface area contributed by atoms with Crippen LogP contribution in [0, 0.1) is 11.6 Å². The Labute approximate surface area is 175 Å². The smallest absolute Gasteiger partial charge is 0.252 e. The number of anilines is 1. The van der Waals surface area contributed by atoms with Gasteiger partial charge in [0, 0.05) is 24.0 Å². The molecule has 0 saturated carbocycles. The van der Waals surface area contributed by atoms with Gasteiger partial charge in [-0.3, -0.25) is 14.9 Å². The molecule has 0 aliphatic carbocycles. The Bertz CT molecular complexity index is 1290. The number of hydrogen-bond donors (Lipinski definition) is 4. The quantitative estimate of drug-likeness (QED) is 0.404.